The molecule has 0 fully saturated rings. The first-order valence-corrected chi connectivity index (χ1v) is 17.5. The maximum Gasteiger partial charge on any atom is 0.459 e. The minimum Gasteiger partial charge on any atom is -0.462 e. The SMILES string of the molecule is CCCCCCCCCCCCCCCCOCCCOP(=O)(N[C@@H](C)C(=O)OC(C)C)Oc1c(F)c(F)c(F)c(F)c1F. The molecule has 44 heavy (non-hydrogen) atoms. The predicted molar refractivity (Wildman–Crippen MR) is 160 cm³/mol. The van der Waals surface area contributed by atoms with Crippen molar-refractivity contribution in [2.24, 2.45) is 0 Å². The third-order valence-electron chi connectivity index (χ3n) is 6.77. The van der Waals surface area contributed by atoms with Crippen LogP contribution in [0.3, 0.4) is 0 Å². The molecule has 0 aliphatic rings. The Morgan fingerprint density at radius 1 is 0.659 bits per heavy atom. The molecule has 0 radical (unpaired) electrons. The maximum atomic E-state index is 14.2. The molecule has 0 saturated heterocycles. The summed E-state index contributed by atoms with van der Waals surface area (Å²) < 4.78 is 103. The molecule has 0 aliphatic heterocycles. The van der Waals surface area contributed by atoms with E-state index in [1.165, 1.54) is 77.6 Å². The topological polar surface area (TPSA) is 83.1 Å². The molecule has 0 spiro atoms. The van der Waals surface area contributed by atoms with Gasteiger partial charge in [0.2, 0.25) is 34.8 Å². The van der Waals surface area contributed by atoms with Crippen LogP contribution in [0, 0.1) is 29.1 Å². The van der Waals surface area contributed by atoms with Crippen molar-refractivity contribution in [2.75, 3.05) is 19.8 Å². The molecule has 0 heterocycles. The molecule has 1 rings (SSSR count). The summed E-state index contributed by atoms with van der Waals surface area (Å²) in [5.74, 6) is -14.3. The van der Waals surface area contributed by atoms with Crippen LogP contribution in [-0.4, -0.2) is 37.9 Å². The van der Waals surface area contributed by atoms with Gasteiger partial charge in [-0.05, 0) is 33.6 Å². The lowest BCUT2D eigenvalue weighted by molar-refractivity contribution is -0.149. The summed E-state index contributed by atoms with van der Waals surface area (Å²) in [6.07, 6.45) is 17.0. The fourth-order valence-corrected chi connectivity index (χ4v) is 5.88. The van der Waals surface area contributed by atoms with Crippen molar-refractivity contribution in [1.82, 2.24) is 5.09 Å². The predicted octanol–water partition coefficient (Wildman–Crippen LogP) is 9.70. The van der Waals surface area contributed by atoms with E-state index < -0.39 is 60.7 Å². The number of carbonyl (C=O) groups excluding carboxylic acids is 1. The van der Waals surface area contributed by atoms with Gasteiger partial charge in [0.1, 0.15) is 6.04 Å². The number of esters is 1. The normalized spacial score (nSPS) is 13.7. The van der Waals surface area contributed by atoms with Crippen molar-refractivity contribution in [3.63, 3.8) is 0 Å². The molecule has 1 unspecified atom stereocenters. The fraction of sp³-hybridized carbons (Fsp3) is 0.774. The van der Waals surface area contributed by atoms with E-state index in [0.29, 0.717) is 6.61 Å². The van der Waals surface area contributed by atoms with Gasteiger partial charge in [-0.25, -0.2) is 17.7 Å². The number of hydrogen-bond acceptors (Lipinski definition) is 6. The van der Waals surface area contributed by atoms with Crippen molar-refractivity contribution in [3.8, 4) is 5.75 Å². The highest BCUT2D eigenvalue weighted by atomic mass is 31.2. The van der Waals surface area contributed by atoms with E-state index in [1.54, 1.807) is 13.8 Å². The number of hydrogen-bond donors (Lipinski definition) is 1. The van der Waals surface area contributed by atoms with E-state index in [4.69, 9.17) is 18.5 Å². The molecule has 7 nitrogen and oxygen atoms in total. The Hall–Kier alpha value is -1.75. The zero-order valence-electron chi connectivity index (χ0n) is 26.7. The number of unbranched alkanes of at least 4 members (excludes halogenated alkanes) is 13. The van der Waals surface area contributed by atoms with Crippen LogP contribution in [0.1, 0.15) is 124 Å². The Labute approximate surface area is 259 Å². The zero-order valence-corrected chi connectivity index (χ0v) is 27.6. The number of ether oxygens (including phenoxy) is 2. The van der Waals surface area contributed by atoms with E-state index in [9.17, 15) is 31.3 Å². The van der Waals surface area contributed by atoms with Gasteiger partial charge in [0.15, 0.2) is 0 Å². The highest BCUT2D eigenvalue weighted by molar-refractivity contribution is 7.52. The van der Waals surface area contributed by atoms with Crippen LogP contribution in [0.4, 0.5) is 22.0 Å². The van der Waals surface area contributed by atoms with Crippen LogP contribution < -0.4 is 9.61 Å². The lowest BCUT2D eigenvalue weighted by Crippen LogP contribution is -2.36. The lowest BCUT2D eigenvalue weighted by Gasteiger charge is -2.24. The highest BCUT2D eigenvalue weighted by Gasteiger charge is 2.37. The van der Waals surface area contributed by atoms with Gasteiger partial charge in [-0.15, -0.1) is 0 Å². The Morgan fingerprint density at radius 3 is 1.57 bits per heavy atom. The van der Waals surface area contributed by atoms with Gasteiger partial charge >= 0.3 is 13.7 Å². The van der Waals surface area contributed by atoms with Crippen molar-refractivity contribution in [3.05, 3.63) is 29.1 Å². The van der Waals surface area contributed by atoms with Gasteiger partial charge in [0.25, 0.3) is 0 Å². The Bertz CT molecular complexity index is 987. The zero-order chi connectivity index (χ0) is 33.0. The number of rotatable bonds is 26. The summed E-state index contributed by atoms with van der Waals surface area (Å²) in [5, 5.41) is 2.14. The molecule has 2 atom stereocenters. The molecule has 0 aromatic heterocycles. The van der Waals surface area contributed by atoms with Gasteiger partial charge in [-0.2, -0.15) is 13.9 Å². The van der Waals surface area contributed by atoms with E-state index in [0.717, 1.165) is 19.3 Å². The first-order valence-electron chi connectivity index (χ1n) is 15.9. The number of nitrogens with one attached hydrogen (secondary N) is 1. The van der Waals surface area contributed by atoms with Crippen LogP contribution in [-0.2, 0) is 23.4 Å². The first kappa shape index (κ1) is 40.3. The summed E-state index contributed by atoms with van der Waals surface area (Å²) >= 11 is 0. The second-order valence-corrected chi connectivity index (χ2v) is 12.9. The molecule has 13 heteroatoms. The second kappa shape index (κ2) is 22.7. The third-order valence-corrected chi connectivity index (χ3v) is 8.42. The molecule has 1 N–H and O–H groups in total. The average molecular weight is 660 g/mol. The standard InChI is InChI=1S/C31H51F5NO6P/c1-5-6-7-8-9-10-11-12-13-14-15-16-17-18-20-40-21-19-22-41-44(39,37-24(4)31(38)42-23(2)3)43-30-28(35)26(33)25(32)27(34)29(30)36/h23-24H,5-22H2,1-4H3,(H,37,39)/t24-,44?/m0/s1. The van der Waals surface area contributed by atoms with E-state index in [-0.39, 0.29) is 19.6 Å². The molecule has 256 valence electrons. The van der Waals surface area contributed by atoms with Crippen LogP contribution >= 0.6 is 7.75 Å². The van der Waals surface area contributed by atoms with Crippen molar-refractivity contribution >= 4 is 13.7 Å². The van der Waals surface area contributed by atoms with Crippen LogP contribution in [0.15, 0.2) is 0 Å². The van der Waals surface area contributed by atoms with Crippen LogP contribution in [0.5, 0.6) is 5.75 Å². The van der Waals surface area contributed by atoms with Gasteiger partial charge in [-0.3, -0.25) is 9.32 Å². The minimum atomic E-state index is -4.84. The summed E-state index contributed by atoms with van der Waals surface area (Å²) in [6, 6.07) is -1.37. The summed E-state index contributed by atoms with van der Waals surface area (Å²) in [5.41, 5.74) is 0. The van der Waals surface area contributed by atoms with E-state index in [1.807, 2.05) is 0 Å². The number of benzene rings is 1. The molecule has 0 saturated carbocycles. The van der Waals surface area contributed by atoms with Crippen molar-refractivity contribution in [2.45, 2.75) is 136 Å². The van der Waals surface area contributed by atoms with E-state index in [2.05, 4.69) is 12.0 Å². The largest absolute Gasteiger partial charge is 0.462 e. The van der Waals surface area contributed by atoms with Gasteiger partial charge in [0.05, 0.1) is 12.7 Å². The average Bonchev–Trinajstić information content (AvgIpc) is 2.98. The molecule has 0 amide bonds. The number of carbonyl (C=O) groups is 1. The molecular weight excluding hydrogens is 608 g/mol. The smallest absolute Gasteiger partial charge is 0.459 e. The van der Waals surface area contributed by atoms with Crippen molar-refractivity contribution < 1.29 is 49.8 Å². The monoisotopic (exact) mass is 659 g/mol. The van der Waals surface area contributed by atoms with Crippen molar-refractivity contribution in [1.29, 1.82) is 0 Å². The van der Waals surface area contributed by atoms with Gasteiger partial charge in [0, 0.05) is 13.2 Å². The van der Waals surface area contributed by atoms with E-state index >= 15 is 0 Å². The Kier molecular flexibility index (Phi) is 20.8. The van der Waals surface area contributed by atoms with Gasteiger partial charge in [-0.1, -0.05) is 90.4 Å². The lowest BCUT2D eigenvalue weighted by atomic mass is 10.0. The Balaban J connectivity index is 2.41. The fourth-order valence-electron chi connectivity index (χ4n) is 4.35. The van der Waals surface area contributed by atoms with Crippen LogP contribution in [0.2, 0.25) is 0 Å². The molecule has 1 aromatic rings. The molecule has 0 bridgehead atoms. The molecule has 0 aliphatic carbocycles. The highest BCUT2D eigenvalue weighted by Crippen LogP contribution is 2.47. The van der Waals surface area contributed by atoms with Gasteiger partial charge < -0.3 is 14.0 Å². The summed E-state index contributed by atoms with van der Waals surface area (Å²) in [4.78, 5) is 12.2. The summed E-state index contributed by atoms with van der Waals surface area (Å²) in [7, 11) is -4.84. The minimum absolute atomic E-state index is 0.176. The quantitative estimate of drug-likeness (QED) is 0.0265. The first-order chi connectivity index (χ1) is 20.9. The Morgan fingerprint density at radius 2 is 1.09 bits per heavy atom. The number of halogens is 5. The molecular formula is C31H51F5NO6P. The third kappa shape index (κ3) is 16.0. The maximum absolute atomic E-state index is 14.2. The van der Waals surface area contributed by atoms with Crippen LogP contribution in [0.25, 0.3) is 0 Å². The summed E-state index contributed by atoms with van der Waals surface area (Å²) in [6.45, 7) is 6.94. The molecule has 1 aromatic carbocycles. The second-order valence-electron chi connectivity index (χ2n) is 11.2.